The summed E-state index contributed by atoms with van der Waals surface area (Å²) in [5, 5.41) is 2.50. The zero-order chi connectivity index (χ0) is 26.7. The predicted octanol–water partition coefficient (Wildman–Crippen LogP) is 8.28. The number of carbonyl (C=O) groups is 1. The Hall–Kier alpha value is -3.01. The molecule has 4 aromatic carbocycles. The van der Waals surface area contributed by atoms with Crippen molar-refractivity contribution in [2.75, 3.05) is 10.0 Å². The number of sulfonamides is 1. The van der Waals surface area contributed by atoms with Crippen molar-refractivity contribution in [1.82, 2.24) is 0 Å². The Morgan fingerprint density at radius 1 is 0.811 bits per heavy atom. The van der Waals surface area contributed by atoms with E-state index in [0.29, 0.717) is 16.5 Å². The molecule has 0 aliphatic rings. The third-order valence-electron chi connectivity index (χ3n) is 4.91. The maximum atomic E-state index is 13.7. The minimum Gasteiger partial charge on any atom is -0.456 e. The number of ether oxygens (including phenoxy) is 1. The highest BCUT2D eigenvalue weighted by atomic mass is 35.5. The summed E-state index contributed by atoms with van der Waals surface area (Å²) in [6.45, 7) is 0. The molecular weight excluding hydrogens is 585 g/mol. The van der Waals surface area contributed by atoms with Crippen LogP contribution in [0, 0.1) is 5.82 Å². The van der Waals surface area contributed by atoms with Gasteiger partial charge in [-0.15, -0.1) is 0 Å². The summed E-state index contributed by atoms with van der Waals surface area (Å²) < 4.78 is 47.9. The van der Waals surface area contributed by atoms with Crippen LogP contribution in [0.25, 0.3) is 0 Å². The van der Waals surface area contributed by atoms with Crippen molar-refractivity contribution < 1.29 is 22.3 Å². The van der Waals surface area contributed by atoms with Crippen LogP contribution in [0.3, 0.4) is 0 Å². The third kappa shape index (κ3) is 6.47. The summed E-state index contributed by atoms with van der Waals surface area (Å²) in [6, 6.07) is 18.8. The van der Waals surface area contributed by atoms with E-state index in [1.165, 1.54) is 54.6 Å². The molecule has 1 amide bonds. The lowest BCUT2D eigenvalue weighted by Crippen LogP contribution is -2.18. The standard InChI is InChI=1S/C25H15Cl4FN2O4S/c26-14-5-10-22(18(11-14)25(33)31-15-12-20(28)24(30)21(29)13-15)32-37(34,35)17-8-6-16(7-9-17)36-23-4-2-1-3-19(23)27/h1-13,32H,(H,31,33). The summed E-state index contributed by atoms with van der Waals surface area (Å²) in [5.74, 6) is -0.781. The average molecular weight is 600 g/mol. The number of hydrogen-bond acceptors (Lipinski definition) is 4. The topological polar surface area (TPSA) is 84.5 Å². The highest BCUT2D eigenvalue weighted by molar-refractivity contribution is 7.92. The highest BCUT2D eigenvalue weighted by Crippen LogP contribution is 2.31. The molecule has 2 N–H and O–H groups in total. The molecule has 0 heterocycles. The van der Waals surface area contributed by atoms with Crippen molar-refractivity contribution in [3.8, 4) is 11.5 Å². The van der Waals surface area contributed by atoms with E-state index in [-0.39, 0.29) is 36.9 Å². The van der Waals surface area contributed by atoms with Gasteiger partial charge in [-0.25, -0.2) is 12.8 Å². The maximum absolute atomic E-state index is 13.7. The monoisotopic (exact) mass is 598 g/mol. The van der Waals surface area contributed by atoms with Gasteiger partial charge in [0.15, 0.2) is 5.82 Å². The van der Waals surface area contributed by atoms with Crippen molar-refractivity contribution in [2.45, 2.75) is 4.90 Å². The van der Waals surface area contributed by atoms with Gasteiger partial charge in [0.05, 0.1) is 31.2 Å². The number of benzene rings is 4. The summed E-state index contributed by atoms with van der Waals surface area (Å²) in [5.41, 5.74) is -0.0341. The molecule has 0 unspecified atom stereocenters. The maximum Gasteiger partial charge on any atom is 0.261 e. The molecule has 6 nitrogen and oxygen atoms in total. The van der Waals surface area contributed by atoms with Gasteiger partial charge in [0.1, 0.15) is 11.5 Å². The quantitative estimate of drug-likeness (QED) is 0.209. The van der Waals surface area contributed by atoms with E-state index in [1.807, 2.05) is 0 Å². The molecule has 12 heteroatoms. The molecule has 0 fully saturated rings. The molecule has 0 atom stereocenters. The zero-order valence-electron chi connectivity index (χ0n) is 18.4. The fourth-order valence-electron chi connectivity index (χ4n) is 3.16. The van der Waals surface area contributed by atoms with Crippen molar-refractivity contribution >= 4 is 73.7 Å². The lowest BCUT2D eigenvalue weighted by atomic mass is 10.1. The molecule has 0 radical (unpaired) electrons. The Bertz CT molecular complexity index is 1580. The first kappa shape index (κ1) is 27.0. The second-order valence-corrected chi connectivity index (χ2v) is 10.8. The second kappa shape index (κ2) is 11.2. The van der Waals surface area contributed by atoms with Gasteiger partial charge < -0.3 is 10.1 Å². The van der Waals surface area contributed by atoms with Gasteiger partial charge in [-0.1, -0.05) is 58.5 Å². The van der Waals surface area contributed by atoms with Crippen molar-refractivity contribution in [2.24, 2.45) is 0 Å². The highest BCUT2D eigenvalue weighted by Gasteiger charge is 2.20. The van der Waals surface area contributed by atoms with Crippen molar-refractivity contribution in [3.05, 3.63) is 110 Å². The van der Waals surface area contributed by atoms with Crippen LogP contribution in [-0.4, -0.2) is 14.3 Å². The summed E-state index contributed by atoms with van der Waals surface area (Å²) in [7, 11) is -4.12. The van der Waals surface area contributed by atoms with Gasteiger partial charge >= 0.3 is 0 Å². The van der Waals surface area contributed by atoms with Gasteiger partial charge in [0.25, 0.3) is 15.9 Å². The molecule has 0 aliphatic carbocycles. The molecule has 0 aromatic heterocycles. The zero-order valence-corrected chi connectivity index (χ0v) is 22.3. The molecule has 37 heavy (non-hydrogen) atoms. The van der Waals surface area contributed by atoms with E-state index < -0.39 is 21.7 Å². The number of nitrogens with one attached hydrogen (secondary N) is 2. The largest absolute Gasteiger partial charge is 0.456 e. The molecule has 4 aromatic rings. The number of carbonyl (C=O) groups excluding carboxylic acids is 1. The number of para-hydroxylation sites is 1. The molecule has 0 saturated carbocycles. The third-order valence-corrected chi connectivity index (χ3v) is 7.39. The molecule has 4 rings (SSSR count). The van der Waals surface area contributed by atoms with Crippen LogP contribution < -0.4 is 14.8 Å². The first-order valence-corrected chi connectivity index (χ1v) is 13.3. The van der Waals surface area contributed by atoms with Gasteiger partial charge in [-0.05, 0) is 66.7 Å². The van der Waals surface area contributed by atoms with Crippen LogP contribution in [0.5, 0.6) is 11.5 Å². The molecule has 0 aliphatic heterocycles. The molecule has 190 valence electrons. The van der Waals surface area contributed by atoms with E-state index in [1.54, 1.807) is 24.3 Å². The van der Waals surface area contributed by atoms with Crippen LogP contribution in [0.15, 0.2) is 83.8 Å². The fraction of sp³-hybridized carbons (Fsp3) is 0. The minimum absolute atomic E-state index is 0.0439. The Balaban J connectivity index is 1.56. The fourth-order valence-corrected chi connectivity index (χ4v) is 5.08. The number of anilines is 2. The van der Waals surface area contributed by atoms with Gasteiger partial charge in [-0.2, -0.15) is 0 Å². The van der Waals surface area contributed by atoms with Crippen molar-refractivity contribution in [3.63, 3.8) is 0 Å². The smallest absolute Gasteiger partial charge is 0.261 e. The molecule has 0 saturated heterocycles. The van der Waals surface area contributed by atoms with Crippen LogP contribution in [0.1, 0.15) is 10.4 Å². The lowest BCUT2D eigenvalue weighted by molar-refractivity contribution is 0.102. The van der Waals surface area contributed by atoms with Crippen LogP contribution in [-0.2, 0) is 10.0 Å². The summed E-state index contributed by atoms with van der Waals surface area (Å²) >= 11 is 23.7. The van der Waals surface area contributed by atoms with E-state index in [2.05, 4.69) is 10.0 Å². The first-order chi connectivity index (χ1) is 17.5. The first-order valence-electron chi connectivity index (χ1n) is 10.3. The second-order valence-electron chi connectivity index (χ2n) is 7.51. The average Bonchev–Trinajstić information content (AvgIpc) is 2.85. The van der Waals surface area contributed by atoms with E-state index in [9.17, 15) is 17.6 Å². The van der Waals surface area contributed by atoms with E-state index >= 15 is 0 Å². The number of amides is 1. The van der Waals surface area contributed by atoms with Crippen LogP contribution in [0.4, 0.5) is 15.8 Å². The van der Waals surface area contributed by atoms with Crippen molar-refractivity contribution in [1.29, 1.82) is 0 Å². The van der Waals surface area contributed by atoms with E-state index in [0.717, 1.165) is 0 Å². The molecular formula is C25H15Cl4FN2O4S. The van der Waals surface area contributed by atoms with Crippen LogP contribution >= 0.6 is 46.4 Å². The van der Waals surface area contributed by atoms with Crippen LogP contribution in [0.2, 0.25) is 20.1 Å². The Morgan fingerprint density at radius 2 is 1.46 bits per heavy atom. The normalized spacial score (nSPS) is 11.2. The molecule has 0 bridgehead atoms. The van der Waals surface area contributed by atoms with Gasteiger partial charge in [-0.3, -0.25) is 9.52 Å². The summed E-state index contributed by atoms with van der Waals surface area (Å²) in [6.07, 6.45) is 0. The molecule has 0 spiro atoms. The summed E-state index contributed by atoms with van der Waals surface area (Å²) in [4.78, 5) is 12.9. The van der Waals surface area contributed by atoms with Gasteiger partial charge in [0, 0.05) is 10.7 Å². The van der Waals surface area contributed by atoms with Gasteiger partial charge in [0.2, 0.25) is 0 Å². The van der Waals surface area contributed by atoms with E-state index in [4.69, 9.17) is 51.1 Å². The lowest BCUT2D eigenvalue weighted by Gasteiger charge is -2.14. The number of hydrogen-bond donors (Lipinski definition) is 2. The number of halogens is 5. The Labute approximate surface area is 231 Å². The Morgan fingerprint density at radius 3 is 2.11 bits per heavy atom. The Kier molecular flexibility index (Phi) is 8.16. The predicted molar refractivity (Wildman–Crippen MR) is 145 cm³/mol. The number of rotatable bonds is 7. The SMILES string of the molecule is O=C(Nc1cc(Cl)c(F)c(Cl)c1)c1cc(Cl)ccc1NS(=O)(=O)c1ccc(Oc2ccccc2Cl)cc1. The minimum atomic E-state index is -4.12.